The highest BCUT2D eigenvalue weighted by Crippen LogP contribution is 2.30. The molecule has 0 saturated carbocycles. The highest BCUT2D eigenvalue weighted by molar-refractivity contribution is 5.92. The number of hydrogen-bond acceptors (Lipinski definition) is 5. The lowest BCUT2D eigenvalue weighted by atomic mass is 10.1. The summed E-state index contributed by atoms with van der Waals surface area (Å²) < 4.78 is 5.99. The second kappa shape index (κ2) is 8.73. The quantitative estimate of drug-likeness (QED) is 0.670. The van der Waals surface area contributed by atoms with Crippen LogP contribution in [0.3, 0.4) is 0 Å². The number of amides is 1. The Morgan fingerprint density at radius 2 is 1.69 bits per heavy atom. The molecule has 1 aliphatic heterocycles. The number of carbonyl (C=O) groups is 1. The number of aryl methyl sites for hydroxylation is 1. The van der Waals surface area contributed by atoms with Crippen molar-refractivity contribution in [3.05, 3.63) is 72.1 Å². The van der Waals surface area contributed by atoms with Crippen molar-refractivity contribution in [2.45, 2.75) is 26.2 Å². The molecule has 1 fully saturated rings. The molecule has 0 aliphatic carbocycles. The molecule has 148 valence electrons. The normalized spacial score (nSPS) is 13.8. The van der Waals surface area contributed by atoms with Crippen LogP contribution >= 0.6 is 0 Å². The molecule has 6 heteroatoms. The Morgan fingerprint density at radius 1 is 0.966 bits per heavy atom. The van der Waals surface area contributed by atoms with Crippen LogP contribution in [0.5, 0.6) is 11.5 Å². The molecule has 0 radical (unpaired) electrons. The maximum absolute atomic E-state index is 12.8. The van der Waals surface area contributed by atoms with Crippen molar-refractivity contribution in [1.29, 1.82) is 0 Å². The number of carbonyl (C=O) groups excluding carboxylic acids is 1. The van der Waals surface area contributed by atoms with Crippen LogP contribution < -0.4 is 10.1 Å². The van der Waals surface area contributed by atoms with Gasteiger partial charge in [0.25, 0.3) is 5.91 Å². The van der Waals surface area contributed by atoms with Crippen LogP contribution in [-0.4, -0.2) is 33.9 Å². The Bertz CT molecular complexity index is 985. The molecule has 4 rings (SSSR count). The van der Waals surface area contributed by atoms with E-state index in [-0.39, 0.29) is 5.91 Å². The standard InChI is InChI=1S/C23H24N4O2/c1-17-16-20(22(28)27-14-8-3-9-15-27)26-23(24-17)25-19-12-6-7-13-21(19)29-18-10-4-2-5-11-18/h2,4-7,10-13,16H,3,8-9,14-15H2,1H3,(H,24,25,26). The number of anilines is 2. The van der Waals surface area contributed by atoms with Crippen LogP contribution in [0.25, 0.3) is 0 Å². The number of nitrogens with one attached hydrogen (secondary N) is 1. The van der Waals surface area contributed by atoms with Gasteiger partial charge in [-0.3, -0.25) is 4.79 Å². The Labute approximate surface area is 170 Å². The molecule has 1 amide bonds. The summed E-state index contributed by atoms with van der Waals surface area (Å²) in [7, 11) is 0. The second-order valence-corrected chi connectivity index (χ2v) is 7.11. The molecule has 1 aromatic heterocycles. The zero-order chi connectivity index (χ0) is 20.1. The zero-order valence-corrected chi connectivity index (χ0v) is 16.5. The van der Waals surface area contributed by atoms with Gasteiger partial charge >= 0.3 is 0 Å². The molecule has 0 unspecified atom stereocenters. The average Bonchev–Trinajstić information content (AvgIpc) is 2.75. The maximum atomic E-state index is 12.8. The van der Waals surface area contributed by atoms with E-state index in [0.717, 1.165) is 43.1 Å². The van der Waals surface area contributed by atoms with Gasteiger partial charge in [-0.2, -0.15) is 0 Å². The molecular weight excluding hydrogens is 364 g/mol. The van der Waals surface area contributed by atoms with E-state index in [2.05, 4.69) is 15.3 Å². The van der Waals surface area contributed by atoms with E-state index >= 15 is 0 Å². The van der Waals surface area contributed by atoms with Gasteiger partial charge in [0.2, 0.25) is 5.95 Å². The second-order valence-electron chi connectivity index (χ2n) is 7.11. The largest absolute Gasteiger partial charge is 0.455 e. The number of hydrogen-bond donors (Lipinski definition) is 1. The van der Waals surface area contributed by atoms with Crippen LogP contribution in [0.4, 0.5) is 11.6 Å². The fourth-order valence-corrected chi connectivity index (χ4v) is 3.39. The SMILES string of the molecule is Cc1cc(C(=O)N2CCCCC2)nc(Nc2ccccc2Oc2ccccc2)n1. The van der Waals surface area contributed by atoms with Crippen LogP contribution in [0.2, 0.25) is 0 Å². The fourth-order valence-electron chi connectivity index (χ4n) is 3.39. The highest BCUT2D eigenvalue weighted by Gasteiger charge is 2.20. The van der Waals surface area contributed by atoms with Gasteiger partial charge in [-0.15, -0.1) is 0 Å². The van der Waals surface area contributed by atoms with E-state index in [1.165, 1.54) is 6.42 Å². The first-order valence-electron chi connectivity index (χ1n) is 9.93. The summed E-state index contributed by atoms with van der Waals surface area (Å²) in [5.74, 6) is 1.75. The minimum Gasteiger partial charge on any atom is -0.455 e. The molecule has 3 aromatic rings. The minimum atomic E-state index is -0.0351. The van der Waals surface area contributed by atoms with E-state index in [0.29, 0.717) is 17.4 Å². The maximum Gasteiger partial charge on any atom is 0.272 e. The van der Waals surface area contributed by atoms with Gasteiger partial charge in [0.05, 0.1) is 5.69 Å². The van der Waals surface area contributed by atoms with Gasteiger partial charge in [0, 0.05) is 18.8 Å². The molecule has 0 atom stereocenters. The lowest BCUT2D eigenvalue weighted by Gasteiger charge is -2.26. The van der Waals surface area contributed by atoms with E-state index in [9.17, 15) is 4.79 Å². The molecule has 0 bridgehead atoms. The minimum absolute atomic E-state index is 0.0351. The third-order valence-electron chi connectivity index (χ3n) is 4.82. The predicted octanol–water partition coefficient (Wildman–Crippen LogP) is 4.95. The number of rotatable bonds is 5. The Kier molecular flexibility index (Phi) is 5.70. The lowest BCUT2D eigenvalue weighted by molar-refractivity contribution is 0.0718. The number of nitrogens with zero attached hydrogens (tertiary/aromatic N) is 3. The Hall–Kier alpha value is -3.41. The van der Waals surface area contributed by atoms with E-state index < -0.39 is 0 Å². The smallest absolute Gasteiger partial charge is 0.272 e. The monoisotopic (exact) mass is 388 g/mol. The van der Waals surface area contributed by atoms with Crippen molar-refractivity contribution in [3.8, 4) is 11.5 Å². The van der Waals surface area contributed by atoms with Gasteiger partial charge in [-0.05, 0) is 56.5 Å². The molecule has 29 heavy (non-hydrogen) atoms. The first kappa shape index (κ1) is 18.9. The first-order chi connectivity index (χ1) is 14.2. The molecule has 2 heterocycles. The highest BCUT2D eigenvalue weighted by atomic mass is 16.5. The lowest BCUT2D eigenvalue weighted by Crippen LogP contribution is -2.36. The summed E-state index contributed by atoms with van der Waals surface area (Å²) >= 11 is 0. The number of benzene rings is 2. The number of para-hydroxylation sites is 3. The third kappa shape index (κ3) is 4.71. The summed E-state index contributed by atoms with van der Waals surface area (Å²) in [5.41, 5.74) is 1.89. The fraction of sp³-hybridized carbons (Fsp3) is 0.261. The molecule has 1 N–H and O–H groups in total. The number of likely N-dealkylation sites (tertiary alicyclic amines) is 1. The topological polar surface area (TPSA) is 67.4 Å². The van der Waals surface area contributed by atoms with E-state index in [1.807, 2.05) is 66.4 Å². The summed E-state index contributed by atoms with van der Waals surface area (Å²) in [5, 5.41) is 3.21. The number of ether oxygens (including phenoxy) is 1. The first-order valence-corrected chi connectivity index (χ1v) is 9.93. The molecule has 6 nitrogen and oxygen atoms in total. The number of aromatic nitrogens is 2. The summed E-state index contributed by atoms with van der Waals surface area (Å²) in [6.45, 7) is 3.45. The number of piperidine rings is 1. The van der Waals surface area contributed by atoms with Crippen LogP contribution in [-0.2, 0) is 0 Å². The molecule has 1 aliphatic rings. The van der Waals surface area contributed by atoms with Crippen molar-refractivity contribution in [2.24, 2.45) is 0 Å². The summed E-state index contributed by atoms with van der Waals surface area (Å²) in [4.78, 5) is 23.7. The predicted molar refractivity (Wildman–Crippen MR) is 113 cm³/mol. The Morgan fingerprint density at radius 3 is 2.48 bits per heavy atom. The van der Waals surface area contributed by atoms with Crippen molar-refractivity contribution in [1.82, 2.24) is 14.9 Å². The van der Waals surface area contributed by atoms with Crippen molar-refractivity contribution in [2.75, 3.05) is 18.4 Å². The van der Waals surface area contributed by atoms with Crippen molar-refractivity contribution < 1.29 is 9.53 Å². The molecule has 1 saturated heterocycles. The molecule has 0 spiro atoms. The van der Waals surface area contributed by atoms with Crippen LogP contribution in [0, 0.1) is 6.92 Å². The van der Waals surface area contributed by atoms with Crippen molar-refractivity contribution in [3.63, 3.8) is 0 Å². The van der Waals surface area contributed by atoms with E-state index in [1.54, 1.807) is 6.07 Å². The Balaban J connectivity index is 1.57. The van der Waals surface area contributed by atoms with Gasteiger partial charge in [0.1, 0.15) is 11.4 Å². The van der Waals surface area contributed by atoms with Gasteiger partial charge in [-0.1, -0.05) is 30.3 Å². The van der Waals surface area contributed by atoms with E-state index in [4.69, 9.17) is 4.74 Å². The zero-order valence-electron chi connectivity index (χ0n) is 16.5. The van der Waals surface area contributed by atoms with Crippen LogP contribution in [0.1, 0.15) is 35.4 Å². The van der Waals surface area contributed by atoms with Gasteiger partial charge in [0.15, 0.2) is 5.75 Å². The average molecular weight is 388 g/mol. The van der Waals surface area contributed by atoms with Gasteiger partial charge < -0.3 is 15.0 Å². The molecule has 2 aromatic carbocycles. The third-order valence-corrected chi connectivity index (χ3v) is 4.82. The van der Waals surface area contributed by atoms with Gasteiger partial charge in [-0.25, -0.2) is 9.97 Å². The summed E-state index contributed by atoms with van der Waals surface area (Å²) in [6.07, 6.45) is 3.27. The summed E-state index contributed by atoms with van der Waals surface area (Å²) in [6, 6.07) is 18.9. The van der Waals surface area contributed by atoms with Crippen LogP contribution in [0.15, 0.2) is 60.7 Å². The van der Waals surface area contributed by atoms with Crippen molar-refractivity contribution >= 4 is 17.5 Å². The molecular formula is C23H24N4O2.